The Morgan fingerprint density at radius 1 is 1.26 bits per heavy atom. The minimum Gasteiger partial charge on any atom is -0.487 e. The number of nitrogens with one attached hydrogen (secondary N) is 1. The van der Waals surface area contributed by atoms with Crippen LogP contribution < -0.4 is 10.1 Å². The predicted octanol–water partition coefficient (Wildman–Crippen LogP) is 2.11. The molecule has 2 aromatic rings. The molecule has 0 aliphatic carbocycles. The van der Waals surface area contributed by atoms with Crippen molar-refractivity contribution in [2.24, 2.45) is 0 Å². The van der Waals surface area contributed by atoms with E-state index in [1.807, 2.05) is 26.1 Å². The molecule has 0 saturated heterocycles. The first-order valence-corrected chi connectivity index (χ1v) is 6.36. The van der Waals surface area contributed by atoms with Gasteiger partial charge in [0.05, 0.1) is 0 Å². The van der Waals surface area contributed by atoms with Crippen molar-refractivity contribution in [3.63, 3.8) is 0 Å². The van der Waals surface area contributed by atoms with Crippen molar-refractivity contribution >= 4 is 0 Å². The Kier molecular flexibility index (Phi) is 4.52. The van der Waals surface area contributed by atoms with Gasteiger partial charge in [-0.05, 0) is 45.0 Å². The number of benzene rings is 1. The monoisotopic (exact) mass is 261 g/mol. The van der Waals surface area contributed by atoms with Crippen LogP contribution in [0.25, 0.3) is 0 Å². The first-order valence-electron chi connectivity index (χ1n) is 6.36. The fourth-order valence-corrected chi connectivity index (χ4v) is 1.71. The Hall–Kier alpha value is -1.88. The van der Waals surface area contributed by atoms with E-state index in [0.29, 0.717) is 12.6 Å². The highest BCUT2D eigenvalue weighted by Crippen LogP contribution is 2.15. The van der Waals surface area contributed by atoms with Gasteiger partial charge in [-0.25, -0.2) is 4.63 Å². The first-order chi connectivity index (χ1) is 9.19. The Balaban J connectivity index is 1.90. The number of aromatic nitrogens is 2. The van der Waals surface area contributed by atoms with Crippen LogP contribution in [0.2, 0.25) is 0 Å². The van der Waals surface area contributed by atoms with Crippen molar-refractivity contribution in [3.8, 4) is 5.75 Å². The van der Waals surface area contributed by atoms with Crippen LogP contribution in [0.3, 0.4) is 0 Å². The highest BCUT2D eigenvalue weighted by atomic mass is 16.6. The lowest BCUT2D eigenvalue weighted by Crippen LogP contribution is -2.23. The standard InChI is InChI=1S/C14H19N3O2/c1-10(15-3)8-12-4-6-13(7-5-12)18-9-14-11(2)16-19-17-14/h4-7,10,15H,8-9H2,1-3H3. The number of likely N-dealkylation sites (N-methyl/N-ethyl adjacent to an activating group) is 1. The van der Waals surface area contributed by atoms with E-state index in [9.17, 15) is 0 Å². The van der Waals surface area contributed by atoms with Gasteiger partial charge in [0.1, 0.15) is 23.7 Å². The van der Waals surface area contributed by atoms with Crippen LogP contribution in [0.5, 0.6) is 5.75 Å². The third kappa shape index (κ3) is 3.79. The summed E-state index contributed by atoms with van der Waals surface area (Å²) in [5.41, 5.74) is 2.78. The average Bonchev–Trinajstić information content (AvgIpc) is 2.83. The molecule has 1 heterocycles. The summed E-state index contributed by atoms with van der Waals surface area (Å²) in [6.07, 6.45) is 1.00. The van der Waals surface area contributed by atoms with Gasteiger partial charge in [0, 0.05) is 6.04 Å². The van der Waals surface area contributed by atoms with Crippen molar-refractivity contribution in [1.82, 2.24) is 15.6 Å². The third-order valence-electron chi connectivity index (χ3n) is 3.08. The molecule has 102 valence electrons. The van der Waals surface area contributed by atoms with E-state index in [1.165, 1.54) is 5.56 Å². The van der Waals surface area contributed by atoms with Crippen molar-refractivity contribution in [2.75, 3.05) is 7.05 Å². The largest absolute Gasteiger partial charge is 0.487 e. The lowest BCUT2D eigenvalue weighted by molar-refractivity contribution is 0.270. The summed E-state index contributed by atoms with van der Waals surface area (Å²) < 4.78 is 10.3. The van der Waals surface area contributed by atoms with E-state index in [0.717, 1.165) is 23.6 Å². The lowest BCUT2D eigenvalue weighted by atomic mass is 10.1. The van der Waals surface area contributed by atoms with Crippen molar-refractivity contribution in [2.45, 2.75) is 32.9 Å². The molecule has 1 N–H and O–H groups in total. The SMILES string of the molecule is CNC(C)Cc1ccc(OCc2nonc2C)cc1. The van der Waals surface area contributed by atoms with Crippen LogP contribution in [0, 0.1) is 6.92 Å². The van der Waals surface area contributed by atoms with Crippen molar-refractivity contribution in [3.05, 3.63) is 41.2 Å². The van der Waals surface area contributed by atoms with Gasteiger partial charge >= 0.3 is 0 Å². The molecule has 0 spiro atoms. The van der Waals surface area contributed by atoms with Crippen molar-refractivity contribution < 1.29 is 9.37 Å². The lowest BCUT2D eigenvalue weighted by Gasteiger charge is -2.10. The summed E-state index contributed by atoms with van der Waals surface area (Å²) >= 11 is 0. The molecule has 5 nitrogen and oxygen atoms in total. The maximum atomic E-state index is 5.64. The first kappa shape index (κ1) is 13.5. The van der Waals surface area contributed by atoms with Crippen LogP contribution in [0.1, 0.15) is 23.9 Å². The van der Waals surface area contributed by atoms with Gasteiger partial charge in [-0.1, -0.05) is 22.4 Å². The summed E-state index contributed by atoms with van der Waals surface area (Å²) in [5, 5.41) is 10.7. The van der Waals surface area contributed by atoms with Crippen LogP contribution in [-0.4, -0.2) is 23.4 Å². The zero-order chi connectivity index (χ0) is 13.7. The number of hydrogen-bond acceptors (Lipinski definition) is 5. The molecule has 19 heavy (non-hydrogen) atoms. The van der Waals surface area contributed by atoms with Crippen LogP contribution in [-0.2, 0) is 13.0 Å². The smallest absolute Gasteiger partial charge is 0.145 e. The molecule has 0 fully saturated rings. The zero-order valence-electron chi connectivity index (χ0n) is 11.5. The van der Waals surface area contributed by atoms with Gasteiger partial charge in [-0.3, -0.25) is 0 Å². The quantitative estimate of drug-likeness (QED) is 0.863. The summed E-state index contributed by atoms with van der Waals surface area (Å²) in [5.74, 6) is 0.822. The Morgan fingerprint density at radius 3 is 2.58 bits per heavy atom. The highest BCUT2D eigenvalue weighted by molar-refractivity contribution is 5.28. The normalized spacial score (nSPS) is 12.4. The minimum absolute atomic E-state index is 0.377. The molecule has 5 heteroatoms. The molecule has 1 atom stereocenters. The predicted molar refractivity (Wildman–Crippen MR) is 72.0 cm³/mol. The molecule has 2 rings (SSSR count). The van der Waals surface area contributed by atoms with E-state index < -0.39 is 0 Å². The highest BCUT2D eigenvalue weighted by Gasteiger charge is 2.06. The number of ether oxygens (including phenoxy) is 1. The molecular weight excluding hydrogens is 242 g/mol. The van der Waals surface area contributed by atoms with E-state index in [2.05, 4.69) is 39.3 Å². The maximum Gasteiger partial charge on any atom is 0.145 e. The van der Waals surface area contributed by atoms with Crippen molar-refractivity contribution in [1.29, 1.82) is 0 Å². The summed E-state index contributed by atoms with van der Waals surface area (Å²) in [7, 11) is 1.97. The van der Waals surface area contributed by atoms with E-state index in [1.54, 1.807) is 0 Å². The molecule has 0 saturated carbocycles. The second-order valence-corrected chi connectivity index (χ2v) is 4.62. The third-order valence-corrected chi connectivity index (χ3v) is 3.08. The van der Waals surface area contributed by atoms with Gasteiger partial charge in [0.15, 0.2) is 0 Å². The molecular formula is C14H19N3O2. The molecule has 0 aliphatic heterocycles. The van der Waals surface area contributed by atoms with E-state index >= 15 is 0 Å². The zero-order valence-corrected chi connectivity index (χ0v) is 11.5. The molecule has 1 aromatic heterocycles. The molecule has 0 aliphatic rings. The van der Waals surface area contributed by atoms with Gasteiger partial charge in [-0.2, -0.15) is 0 Å². The van der Waals surface area contributed by atoms with Crippen LogP contribution in [0.15, 0.2) is 28.9 Å². The number of nitrogens with zero attached hydrogens (tertiary/aromatic N) is 2. The summed E-state index contributed by atoms with van der Waals surface area (Å²) in [6.45, 7) is 4.38. The van der Waals surface area contributed by atoms with Crippen LogP contribution >= 0.6 is 0 Å². The van der Waals surface area contributed by atoms with E-state index in [4.69, 9.17) is 4.74 Å². The molecule has 0 bridgehead atoms. The van der Waals surface area contributed by atoms with Crippen LogP contribution in [0.4, 0.5) is 0 Å². The molecule has 1 unspecified atom stereocenters. The van der Waals surface area contributed by atoms with E-state index in [-0.39, 0.29) is 0 Å². The molecule has 0 radical (unpaired) electrons. The number of hydrogen-bond donors (Lipinski definition) is 1. The second kappa shape index (κ2) is 6.33. The fraction of sp³-hybridized carbons (Fsp3) is 0.429. The fourth-order valence-electron chi connectivity index (χ4n) is 1.71. The summed E-state index contributed by atoms with van der Waals surface area (Å²) in [4.78, 5) is 0. The Morgan fingerprint density at radius 2 is 2.00 bits per heavy atom. The topological polar surface area (TPSA) is 60.2 Å². The number of rotatable bonds is 6. The average molecular weight is 261 g/mol. The maximum absolute atomic E-state index is 5.64. The number of aryl methyl sites for hydroxylation is 1. The second-order valence-electron chi connectivity index (χ2n) is 4.62. The minimum atomic E-state index is 0.377. The Labute approximate surface area is 112 Å². The molecule has 0 amide bonds. The van der Waals surface area contributed by atoms with Gasteiger partial charge in [0.2, 0.25) is 0 Å². The van der Waals surface area contributed by atoms with Gasteiger partial charge in [-0.15, -0.1) is 0 Å². The van der Waals surface area contributed by atoms with Gasteiger partial charge in [0.25, 0.3) is 0 Å². The molecule has 1 aromatic carbocycles. The van der Waals surface area contributed by atoms with Gasteiger partial charge < -0.3 is 10.1 Å². The summed E-state index contributed by atoms with van der Waals surface area (Å²) in [6, 6.07) is 8.57. The Bertz CT molecular complexity index is 508.